The van der Waals surface area contributed by atoms with Gasteiger partial charge in [-0.25, -0.2) is 4.79 Å². The largest absolute Gasteiger partial charge is 0.331 e. The van der Waals surface area contributed by atoms with Crippen molar-refractivity contribution in [3.63, 3.8) is 0 Å². The van der Waals surface area contributed by atoms with Crippen molar-refractivity contribution in [1.82, 2.24) is 14.8 Å². The van der Waals surface area contributed by atoms with Crippen LogP contribution in [0, 0.1) is 13.8 Å². The number of carbonyl (C=O) groups is 3. The monoisotopic (exact) mass is 445 g/mol. The van der Waals surface area contributed by atoms with Crippen LogP contribution in [0.5, 0.6) is 0 Å². The third-order valence-corrected chi connectivity index (χ3v) is 6.49. The number of nitrogens with one attached hydrogen (secondary N) is 1. The number of barbiturate groups is 1. The SMILES string of the molecule is Cc1cc(/C=C2/C(=O)NC(=O)N(C3CCCC3)C2=O)c(C)n1-c1ccc(Cl)c(Cl)c1. The first-order valence-corrected chi connectivity index (χ1v) is 10.6. The number of aryl methyl sites for hydroxylation is 1. The average molecular weight is 446 g/mol. The second kappa shape index (κ2) is 7.93. The summed E-state index contributed by atoms with van der Waals surface area (Å²) in [5, 5.41) is 3.22. The Balaban J connectivity index is 1.73. The number of benzene rings is 1. The molecule has 4 amide bonds. The lowest BCUT2D eigenvalue weighted by Gasteiger charge is -2.31. The van der Waals surface area contributed by atoms with E-state index in [0.29, 0.717) is 10.0 Å². The Morgan fingerprint density at radius 2 is 1.73 bits per heavy atom. The molecule has 2 heterocycles. The number of amides is 4. The second-order valence-electron chi connectivity index (χ2n) is 7.69. The van der Waals surface area contributed by atoms with Gasteiger partial charge in [0.05, 0.1) is 10.0 Å². The Kier molecular flexibility index (Phi) is 5.47. The molecule has 1 aromatic carbocycles. The highest BCUT2D eigenvalue weighted by molar-refractivity contribution is 6.42. The van der Waals surface area contributed by atoms with Crippen LogP contribution in [0.4, 0.5) is 4.79 Å². The van der Waals surface area contributed by atoms with Crippen molar-refractivity contribution in [2.24, 2.45) is 0 Å². The van der Waals surface area contributed by atoms with Crippen LogP contribution in [0.3, 0.4) is 0 Å². The number of urea groups is 1. The summed E-state index contributed by atoms with van der Waals surface area (Å²) in [4.78, 5) is 39.0. The molecule has 8 heteroatoms. The Labute approximate surface area is 184 Å². The topological polar surface area (TPSA) is 71.4 Å². The molecule has 2 aliphatic rings. The molecule has 0 spiro atoms. The van der Waals surface area contributed by atoms with Crippen LogP contribution in [0.25, 0.3) is 11.8 Å². The fraction of sp³-hybridized carbons (Fsp3) is 0.318. The van der Waals surface area contributed by atoms with Gasteiger partial charge in [-0.3, -0.25) is 19.8 Å². The highest BCUT2D eigenvalue weighted by Gasteiger charge is 2.40. The van der Waals surface area contributed by atoms with Crippen molar-refractivity contribution in [2.75, 3.05) is 0 Å². The van der Waals surface area contributed by atoms with Crippen molar-refractivity contribution >= 4 is 47.1 Å². The zero-order valence-electron chi connectivity index (χ0n) is 16.7. The van der Waals surface area contributed by atoms with Crippen LogP contribution >= 0.6 is 23.2 Å². The van der Waals surface area contributed by atoms with E-state index >= 15 is 0 Å². The smallest absolute Gasteiger partial charge is 0.318 e. The van der Waals surface area contributed by atoms with Crippen molar-refractivity contribution in [3.05, 3.63) is 56.8 Å². The number of halogens is 2. The van der Waals surface area contributed by atoms with E-state index < -0.39 is 17.8 Å². The van der Waals surface area contributed by atoms with Gasteiger partial charge in [-0.2, -0.15) is 0 Å². The van der Waals surface area contributed by atoms with Crippen molar-refractivity contribution < 1.29 is 14.4 Å². The lowest BCUT2D eigenvalue weighted by atomic mass is 10.1. The predicted octanol–water partition coefficient (Wildman–Crippen LogP) is 4.81. The lowest BCUT2D eigenvalue weighted by molar-refractivity contribution is -0.131. The van der Waals surface area contributed by atoms with Crippen LogP contribution < -0.4 is 5.32 Å². The number of aromatic nitrogens is 1. The normalized spacial score (nSPS) is 19.1. The molecule has 30 heavy (non-hydrogen) atoms. The number of imide groups is 2. The quantitative estimate of drug-likeness (QED) is 0.544. The summed E-state index contributed by atoms with van der Waals surface area (Å²) < 4.78 is 1.97. The number of rotatable bonds is 3. The number of hydrogen-bond acceptors (Lipinski definition) is 3. The van der Waals surface area contributed by atoms with Gasteiger partial charge in [0.1, 0.15) is 5.57 Å². The fourth-order valence-electron chi connectivity index (χ4n) is 4.28. The molecule has 4 rings (SSSR count). The zero-order chi connectivity index (χ0) is 21.6. The highest BCUT2D eigenvalue weighted by Crippen LogP contribution is 2.30. The van der Waals surface area contributed by atoms with E-state index in [1.54, 1.807) is 18.2 Å². The molecule has 1 aliphatic heterocycles. The molecule has 2 fully saturated rings. The second-order valence-corrected chi connectivity index (χ2v) is 8.51. The summed E-state index contributed by atoms with van der Waals surface area (Å²) in [6, 6.07) is 6.44. The Morgan fingerprint density at radius 1 is 1.03 bits per heavy atom. The number of carbonyl (C=O) groups excluding carboxylic acids is 3. The first-order chi connectivity index (χ1) is 14.3. The molecule has 0 unspecified atom stereocenters. The summed E-state index contributed by atoms with van der Waals surface area (Å²) in [5.74, 6) is -1.20. The minimum Gasteiger partial charge on any atom is -0.318 e. The van der Waals surface area contributed by atoms with Crippen LogP contribution in [0.2, 0.25) is 10.0 Å². The van der Waals surface area contributed by atoms with E-state index in [4.69, 9.17) is 23.2 Å². The van der Waals surface area contributed by atoms with Crippen molar-refractivity contribution in [3.8, 4) is 5.69 Å². The third-order valence-electron chi connectivity index (χ3n) is 5.75. The molecule has 1 saturated heterocycles. The molecule has 1 aromatic heterocycles. The van der Waals surface area contributed by atoms with E-state index in [0.717, 1.165) is 48.3 Å². The standard InChI is InChI=1S/C22H21Cl2N3O3/c1-12-9-14(13(2)26(12)16-7-8-18(23)19(24)11-16)10-17-20(28)25-22(30)27(21(17)29)15-5-3-4-6-15/h7-11,15H,3-6H2,1-2H3,(H,25,28,30)/b17-10-. The average Bonchev–Trinajstić information content (AvgIpc) is 3.29. The molecule has 1 N–H and O–H groups in total. The van der Waals surface area contributed by atoms with E-state index in [2.05, 4.69) is 5.32 Å². The third kappa shape index (κ3) is 3.55. The fourth-order valence-corrected chi connectivity index (χ4v) is 4.57. The maximum absolute atomic E-state index is 13.0. The van der Waals surface area contributed by atoms with E-state index in [-0.39, 0.29) is 11.6 Å². The van der Waals surface area contributed by atoms with Gasteiger partial charge >= 0.3 is 6.03 Å². The van der Waals surface area contributed by atoms with E-state index in [1.807, 2.05) is 30.5 Å². The van der Waals surface area contributed by atoms with Crippen molar-refractivity contribution in [2.45, 2.75) is 45.6 Å². The first-order valence-electron chi connectivity index (χ1n) is 9.83. The molecule has 156 valence electrons. The molecule has 6 nitrogen and oxygen atoms in total. The molecule has 2 aromatic rings. The number of hydrogen-bond donors (Lipinski definition) is 1. The summed E-state index contributed by atoms with van der Waals surface area (Å²) in [7, 11) is 0. The van der Waals surface area contributed by atoms with E-state index in [1.165, 1.54) is 4.90 Å². The Bertz CT molecular complexity index is 1100. The molecule has 0 bridgehead atoms. The summed E-state index contributed by atoms with van der Waals surface area (Å²) >= 11 is 12.2. The van der Waals surface area contributed by atoms with Gasteiger partial charge in [0.25, 0.3) is 11.8 Å². The molecule has 1 saturated carbocycles. The summed E-state index contributed by atoms with van der Waals surface area (Å²) in [6.45, 7) is 3.82. The van der Waals surface area contributed by atoms with Gasteiger partial charge < -0.3 is 4.57 Å². The maximum Gasteiger partial charge on any atom is 0.331 e. The highest BCUT2D eigenvalue weighted by atomic mass is 35.5. The summed E-state index contributed by atoms with van der Waals surface area (Å²) in [6.07, 6.45) is 5.04. The van der Waals surface area contributed by atoms with Gasteiger partial charge in [0.2, 0.25) is 0 Å². The Morgan fingerprint density at radius 3 is 2.40 bits per heavy atom. The minimum absolute atomic E-state index is 0.0316. The molecule has 1 aliphatic carbocycles. The van der Waals surface area contributed by atoms with Gasteiger partial charge in [-0.15, -0.1) is 0 Å². The molecular weight excluding hydrogens is 425 g/mol. The van der Waals surface area contributed by atoms with Crippen LogP contribution in [-0.4, -0.2) is 33.4 Å². The molecule has 0 radical (unpaired) electrons. The van der Waals surface area contributed by atoms with Crippen LogP contribution in [-0.2, 0) is 9.59 Å². The van der Waals surface area contributed by atoms with Crippen LogP contribution in [0.1, 0.15) is 42.6 Å². The van der Waals surface area contributed by atoms with Gasteiger partial charge in [-0.05, 0) is 62.6 Å². The first kappa shape index (κ1) is 20.7. The zero-order valence-corrected chi connectivity index (χ0v) is 18.2. The number of nitrogens with zero attached hydrogens (tertiary/aromatic N) is 2. The molecular formula is C22H21Cl2N3O3. The summed E-state index contributed by atoms with van der Waals surface area (Å²) in [5.41, 5.74) is 3.26. The van der Waals surface area contributed by atoms with Gasteiger partial charge in [0.15, 0.2) is 0 Å². The predicted molar refractivity (Wildman–Crippen MR) is 116 cm³/mol. The van der Waals surface area contributed by atoms with Crippen molar-refractivity contribution in [1.29, 1.82) is 0 Å². The van der Waals surface area contributed by atoms with Gasteiger partial charge in [-0.1, -0.05) is 36.0 Å². The van der Waals surface area contributed by atoms with Gasteiger partial charge in [0, 0.05) is 23.1 Å². The maximum atomic E-state index is 13.0. The minimum atomic E-state index is -0.668. The van der Waals surface area contributed by atoms with E-state index in [9.17, 15) is 14.4 Å². The molecule has 0 atom stereocenters. The van der Waals surface area contributed by atoms with Crippen LogP contribution in [0.15, 0.2) is 29.8 Å². The lowest BCUT2D eigenvalue weighted by Crippen LogP contribution is -2.57. The Hall–Kier alpha value is -2.57.